The van der Waals surface area contributed by atoms with E-state index in [1.165, 1.54) is 6.07 Å². The highest BCUT2D eigenvalue weighted by Gasteiger charge is 2.22. The average molecular weight is 238 g/mol. The molecule has 17 heavy (non-hydrogen) atoms. The van der Waals surface area contributed by atoms with Crippen molar-refractivity contribution in [3.05, 3.63) is 17.7 Å². The van der Waals surface area contributed by atoms with Crippen molar-refractivity contribution in [2.24, 2.45) is 0 Å². The van der Waals surface area contributed by atoms with E-state index in [0.29, 0.717) is 5.56 Å². The van der Waals surface area contributed by atoms with Gasteiger partial charge in [0, 0.05) is 37.8 Å². The first kappa shape index (κ1) is 12.0. The lowest BCUT2D eigenvalue weighted by Gasteiger charge is -2.33. The second-order valence-electron chi connectivity index (χ2n) is 4.33. The van der Waals surface area contributed by atoms with Crippen molar-refractivity contribution in [3.8, 4) is 17.2 Å². The van der Waals surface area contributed by atoms with Gasteiger partial charge in [-0.1, -0.05) is 0 Å². The average Bonchev–Trinajstić information content (AvgIpc) is 2.36. The first-order chi connectivity index (χ1) is 8.11. The number of nitrogens with one attached hydrogen (secondary N) is 1. The molecule has 0 bridgehead atoms. The van der Waals surface area contributed by atoms with Crippen molar-refractivity contribution in [1.82, 2.24) is 10.2 Å². The summed E-state index contributed by atoms with van der Waals surface area (Å²) >= 11 is 0. The summed E-state index contributed by atoms with van der Waals surface area (Å²) in [5.41, 5.74) is 0.641. The molecule has 0 aromatic heterocycles. The topological polar surface area (TPSA) is 76.0 Å². The Morgan fingerprint density at radius 3 is 2.41 bits per heavy atom. The second-order valence-corrected chi connectivity index (χ2v) is 4.33. The van der Waals surface area contributed by atoms with Crippen molar-refractivity contribution in [1.29, 1.82) is 0 Å². The summed E-state index contributed by atoms with van der Waals surface area (Å²) in [5, 5.41) is 31.9. The van der Waals surface area contributed by atoms with Gasteiger partial charge in [-0.3, -0.25) is 4.90 Å². The molecule has 0 unspecified atom stereocenters. The highest BCUT2D eigenvalue weighted by atomic mass is 16.3. The van der Waals surface area contributed by atoms with E-state index in [0.717, 1.165) is 26.2 Å². The minimum absolute atomic E-state index is 0.0172. The van der Waals surface area contributed by atoms with Crippen molar-refractivity contribution in [2.45, 2.75) is 13.0 Å². The molecule has 94 valence electrons. The van der Waals surface area contributed by atoms with Gasteiger partial charge in [-0.05, 0) is 19.1 Å². The Labute approximate surface area is 100 Å². The van der Waals surface area contributed by atoms with Gasteiger partial charge in [0.15, 0.2) is 11.5 Å². The third-order valence-corrected chi connectivity index (χ3v) is 3.31. The summed E-state index contributed by atoms with van der Waals surface area (Å²) in [6.07, 6.45) is 0. The Hall–Kier alpha value is -1.46. The van der Waals surface area contributed by atoms with Gasteiger partial charge in [0.2, 0.25) is 5.75 Å². The summed E-state index contributed by atoms with van der Waals surface area (Å²) in [5.74, 6) is -0.959. The Kier molecular flexibility index (Phi) is 3.40. The van der Waals surface area contributed by atoms with Gasteiger partial charge in [-0.25, -0.2) is 0 Å². The molecule has 0 saturated carbocycles. The minimum Gasteiger partial charge on any atom is -0.504 e. The third kappa shape index (κ3) is 2.30. The third-order valence-electron chi connectivity index (χ3n) is 3.31. The van der Waals surface area contributed by atoms with Crippen molar-refractivity contribution in [2.75, 3.05) is 26.2 Å². The van der Waals surface area contributed by atoms with E-state index >= 15 is 0 Å². The largest absolute Gasteiger partial charge is 0.504 e. The fourth-order valence-corrected chi connectivity index (χ4v) is 2.19. The molecular formula is C12H18N2O3. The van der Waals surface area contributed by atoms with E-state index in [9.17, 15) is 15.3 Å². The highest BCUT2D eigenvalue weighted by Crippen LogP contribution is 2.40. The zero-order valence-corrected chi connectivity index (χ0v) is 9.85. The summed E-state index contributed by atoms with van der Waals surface area (Å²) in [7, 11) is 0. The minimum atomic E-state index is -0.440. The zero-order chi connectivity index (χ0) is 12.4. The molecule has 1 aliphatic rings. The summed E-state index contributed by atoms with van der Waals surface area (Å²) < 4.78 is 0. The van der Waals surface area contributed by atoms with E-state index in [2.05, 4.69) is 10.2 Å². The van der Waals surface area contributed by atoms with Gasteiger partial charge in [-0.2, -0.15) is 0 Å². The van der Waals surface area contributed by atoms with Crippen LogP contribution in [-0.2, 0) is 0 Å². The van der Waals surface area contributed by atoms with Crippen LogP contribution in [0, 0.1) is 0 Å². The number of phenolic OH excluding ortho intramolecular Hbond substituents is 3. The number of aromatic hydroxyl groups is 3. The van der Waals surface area contributed by atoms with E-state index in [1.54, 1.807) is 6.07 Å². The van der Waals surface area contributed by atoms with Crippen LogP contribution in [0.3, 0.4) is 0 Å². The molecule has 0 aliphatic carbocycles. The molecule has 0 radical (unpaired) electrons. The van der Waals surface area contributed by atoms with Crippen LogP contribution in [-0.4, -0.2) is 46.4 Å². The smallest absolute Gasteiger partial charge is 0.200 e. The number of hydrogen-bond donors (Lipinski definition) is 4. The van der Waals surface area contributed by atoms with Gasteiger partial charge < -0.3 is 20.6 Å². The first-order valence-electron chi connectivity index (χ1n) is 5.80. The molecule has 5 nitrogen and oxygen atoms in total. The molecule has 1 heterocycles. The molecule has 1 saturated heterocycles. The number of rotatable bonds is 2. The highest BCUT2D eigenvalue weighted by molar-refractivity contribution is 5.54. The molecule has 4 N–H and O–H groups in total. The van der Waals surface area contributed by atoms with Gasteiger partial charge in [0.05, 0.1) is 0 Å². The zero-order valence-electron chi connectivity index (χ0n) is 9.85. The van der Waals surface area contributed by atoms with Crippen LogP contribution in [0.2, 0.25) is 0 Å². The number of hydrogen-bond acceptors (Lipinski definition) is 5. The Bertz CT molecular complexity index is 403. The van der Waals surface area contributed by atoms with Gasteiger partial charge in [-0.15, -0.1) is 0 Å². The molecule has 1 aromatic rings. The molecule has 1 aliphatic heterocycles. The van der Waals surface area contributed by atoms with E-state index in [4.69, 9.17) is 0 Å². The summed E-state index contributed by atoms with van der Waals surface area (Å²) in [6, 6.07) is 3.07. The van der Waals surface area contributed by atoms with Crippen LogP contribution >= 0.6 is 0 Å². The molecule has 5 heteroatoms. The predicted molar refractivity (Wildman–Crippen MR) is 64.3 cm³/mol. The predicted octanol–water partition coefficient (Wildman–Crippen LogP) is 0.770. The SMILES string of the molecule is C[C@@H](c1ccc(O)c(O)c1O)N1CCNCC1. The summed E-state index contributed by atoms with van der Waals surface area (Å²) in [4.78, 5) is 2.22. The van der Waals surface area contributed by atoms with E-state index in [1.807, 2.05) is 6.92 Å². The first-order valence-corrected chi connectivity index (χ1v) is 5.80. The van der Waals surface area contributed by atoms with Crippen molar-refractivity contribution in [3.63, 3.8) is 0 Å². The van der Waals surface area contributed by atoms with Gasteiger partial charge in [0.1, 0.15) is 0 Å². The van der Waals surface area contributed by atoms with Crippen molar-refractivity contribution >= 4 is 0 Å². The number of piperazine rings is 1. The lowest BCUT2D eigenvalue weighted by atomic mass is 10.0. The van der Waals surface area contributed by atoms with Crippen LogP contribution in [0.4, 0.5) is 0 Å². The molecule has 1 fully saturated rings. The maximum Gasteiger partial charge on any atom is 0.200 e. The monoisotopic (exact) mass is 238 g/mol. The van der Waals surface area contributed by atoms with Crippen LogP contribution < -0.4 is 5.32 Å². The lowest BCUT2D eigenvalue weighted by molar-refractivity contribution is 0.182. The number of nitrogens with zero attached hydrogens (tertiary/aromatic N) is 1. The quantitative estimate of drug-likeness (QED) is 0.573. The molecule has 1 aromatic carbocycles. The fraction of sp³-hybridized carbons (Fsp3) is 0.500. The standard InChI is InChI=1S/C12H18N2O3/c1-8(14-6-4-13-5-7-14)9-2-3-10(15)12(17)11(9)16/h2-3,8,13,15-17H,4-7H2,1H3/t8-/m0/s1. The molecule has 2 rings (SSSR count). The number of phenols is 3. The fourth-order valence-electron chi connectivity index (χ4n) is 2.19. The van der Waals surface area contributed by atoms with Crippen LogP contribution in [0.1, 0.15) is 18.5 Å². The second kappa shape index (κ2) is 4.81. The van der Waals surface area contributed by atoms with Crippen molar-refractivity contribution < 1.29 is 15.3 Å². The lowest BCUT2D eigenvalue weighted by Crippen LogP contribution is -2.44. The maximum absolute atomic E-state index is 9.83. The van der Waals surface area contributed by atoms with Gasteiger partial charge >= 0.3 is 0 Å². The molecule has 0 spiro atoms. The van der Waals surface area contributed by atoms with Crippen LogP contribution in [0.15, 0.2) is 12.1 Å². The van der Waals surface area contributed by atoms with Gasteiger partial charge in [0.25, 0.3) is 0 Å². The summed E-state index contributed by atoms with van der Waals surface area (Å²) in [6.45, 7) is 5.64. The molecular weight excluding hydrogens is 220 g/mol. The number of benzene rings is 1. The molecule has 0 amide bonds. The Morgan fingerprint density at radius 1 is 1.12 bits per heavy atom. The molecule has 1 atom stereocenters. The van der Waals surface area contributed by atoms with Crippen LogP contribution in [0.25, 0.3) is 0 Å². The van der Waals surface area contributed by atoms with E-state index < -0.39 is 5.75 Å². The Morgan fingerprint density at radius 2 is 1.76 bits per heavy atom. The normalized spacial score (nSPS) is 19.1. The van der Waals surface area contributed by atoms with Crippen LogP contribution in [0.5, 0.6) is 17.2 Å². The Balaban J connectivity index is 2.24. The maximum atomic E-state index is 9.83. The van der Waals surface area contributed by atoms with E-state index in [-0.39, 0.29) is 17.5 Å².